The summed E-state index contributed by atoms with van der Waals surface area (Å²) in [4.78, 5) is 29.5. The number of aryl methyl sites for hydroxylation is 1. The molecule has 0 saturated carbocycles. The summed E-state index contributed by atoms with van der Waals surface area (Å²) in [5.41, 5.74) is 4.33. The molecule has 1 amide bonds. The molecular formula is C24H21N3O5S. The molecule has 0 atom stereocenters. The molecule has 2 aromatic carbocycles. The van der Waals surface area contributed by atoms with Gasteiger partial charge in [0.25, 0.3) is 0 Å². The van der Waals surface area contributed by atoms with Gasteiger partial charge in [-0.15, -0.1) is 0 Å². The lowest BCUT2D eigenvalue weighted by atomic mass is 10.0. The van der Waals surface area contributed by atoms with E-state index in [1.165, 1.54) is 0 Å². The Morgan fingerprint density at radius 1 is 1.24 bits per heavy atom. The van der Waals surface area contributed by atoms with E-state index in [0.29, 0.717) is 35.3 Å². The lowest BCUT2D eigenvalue weighted by molar-refractivity contribution is -0.116. The highest BCUT2D eigenvalue weighted by Gasteiger charge is 2.20. The first-order chi connectivity index (χ1) is 16.0. The molecular weight excluding hydrogens is 442 g/mol. The normalized spacial score (nSPS) is 15.0. The summed E-state index contributed by atoms with van der Waals surface area (Å²) < 4.78 is 12.0. The second-order valence-electron chi connectivity index (χ2n) is 7.57. The van der Waals surface area contributed by atoms with Crippen LogP contribution >= 0.6 is 11.3 Å². The van der Waals surface area contributed by atoms with Crippen molar-refractivity contribution < 1.29 is 19.4 Å². The molecule has 3 heterocycles. The second-order valence-corrected chi connectivity index (χ2v) is 8.57. The fourth-order valence-electron chi connectivity index (χ4n) is 3.83. The van der Waals surface area contributed by atoms with Gasteiger partial charge in [0.1, 0.15) is 19.8 Å². The van der Waals surface area contributed by atoms with Crippen LogP contribution in [0.25, 0.3) is 11.6 Å². The van der Waals surface area contributed by atoms with Crippen LogP contribution in [0.2, 0.25) is 0 Å². The first kappa shape index (κ1) is 21.0. The minimum Gasteiger partial charge on any atom is -0.493 e. The number of nitrogens with zero attached hydrogens (tertiary/aromatic N) is 2. The minimum atomic E-state index is -0.443. The molecule has 2 aliphatic heterocycles. The number of rotatable bonds is 5. The highest BCUT2D eigenvalue weighted by Crippen LogP contribution is 2.37. The van der Waals surface area contributed by atoms with Gasteiger partial charge < -0.3 is 19.9 Å². The zero-order chi connectivity index (χ0) is 22.9. The molecule has 0 unspecified atom stereocenters. The maximum Gasteiger partial charge on any atom is 0.311 e. The largest absolute Gasteiger partial charge is 0.493 e. The first-order valence-corrected chi connectivity index (χ1v) is 11.3. The third kappa shape index (κ3) is 4.03. The van der Waals surface area contributed by atoms with Crippen molar-refractivity contribution in [3.8, 4) is 17.4 Å². The summed E-state index contributed by atoms with van der Waals surface area (Å²) in [6.45, 7) is 2.68. The average molecular weight is 464 g/mol. The molecule has 2 N–H and O–H groups in total. The maximum atomic E-state index is 12.6. The number of benzene rings is 2. The van der Waals surface area contributed by atoms with Crippen molar-refractivity contribution in [1.82, 2.24) is 4.57 Å². The van der Waals surface area contributed by atoms with Crippen molar-refractivity contribution in [3.63, 3.8) is 0 Å². The number of hydrogen-bond donors (Lipinski definition) is 2. The molecule has 168 valence electrons. The Morgan fingerprint density at radius 2 is 2.06 bits per heavy atom. The predicted molar refractivity (Wildman–Crippen MR) is 128 cm³/mol. The molecule has 0 radical (unpaired) electrons. The van der Waals surface area contributed by atoms with Crippen LogP contribution in [-0.4, -0.2) is 35.0 Å². The quantitative estimate of drug-likeness (QED) is 0.599. The maximum absolute atomic E-state index is 12.6. The van der Waals surface area contributed by atoms with Crippen molar-refractivity contribution in [3.05, 3.63) is 62.1 Å². The van der Waals surface area contributed by atoms with Gasteiger partial charge in [0.2, 0.25) is 11.8 Å². The Labute approximate surface area is 193 Å². The van der Waals surface area contributed by atoms with Crippen LogP contribution < -0.4 is 19.7 Å². The predicted octanol–water partition coefficient (Wildman–Crippen LogP) is 3.84. The average Bonchev–Trinajstić information content (AvgIpc) is 3.35. The monoisotopic (exact) mass is 463 g/mol. The minimum absolute atomic E-state index is 0.247. The number of aliphatic imine (C=N–C) groups is 1. The summed E-state index contributed by atoms with van der Waals surface area (Å²) in [5, 5.41) is 13.4. The molecule has 8 nitrogen and oxygen atoms in total. The van der Waals surface area contributed by atoms with E-state index in [2.05, 4.69) is 17.2 Å². The van der Waals surface area contributed by atoms with E-state index in [1.807, 2.05) is 18.2 Å². The van der Waals surface area contributed by atoms with Crippen LogP contribution in [0.5, 0.6) is 17.4 Å². The number of para-hydroxylation sites is 1. The molecule has 5 rings (SSSR count). The van der Waals surface area contributed by atoms with Crippen LogP contribution in [0, 0.1) is 0 Å². The smallest absolute Gasteiger partial charge is 0.311 e. The van der Waals surface area contributed by atoms with Crippen LogP contribution in [0.3, 0.4) is 0 Å². The molecule has 33 heavy (non-hydrogen) atoms. The number of allylic oxidation sites excluding steroid dienone is 1. The molecule has 0 saturated heterocycles. The first-order valence-electron chi connectivity index (χ1n) is 10.5. The molecule has 9 heteroatoms. The van der Waals surface area contributed by atoms with Gasteiger partial charge in [0, 0.05) is 29.1 Å². The number of nitrogens with one attached hydrogen (secondary N) is 1. The van der Waals surface area contributed by atoms with Crippen molar-refractivity contribution >= 4 is 46.5 Å². The van der Waals surface area contributed by atoms with Crippen molar-refractivity contribution in [2.45, 2.75) is 19.9 Å². The fraction of sp³-hybridized carbons (Fsp3) is 0.208. The van der Waals surface area contributed by atoms with Gasteiger partial charge in [-0.3, -0.25) is 19.1 Å². The number of amides is 1. The zero-order valence-electron chi connectivity index (χ0n) is 17.8. The second kappa shape index (κ2) is 8.59. The van der Waals surface area contributed by atoms with Gasteiger partial charge in [-0.25, -0.2) is 0 Å². The van der Waals surface area contributed by atoms with Crippen molar-refractivity contribution in [1.29, 1.82) is 0 Å². The Hall–Kier alpha value is -3.85. The van der Waals surface area contributed by atoms with Crippen molar-refractivity contribution in [2.24, 2.45) is 4.99 Å². The van der Waals surface area contributed by atoms with Crippen LogP contribution in [0.15, 0.2) is 46.2 Å². The van der Waals surface area contributed by atoms with Gasteiger partial charge in [-0.05, 0) is 30.2 Å². The number of aromatic nitrogens is 1. The lowest BCUT2D eigenvalue weighted by Gasteiger charge is -2.19. The standard InChI is InChI=1S/C24H21N3O5S/c1-2-14-4-3-5-17-15(12-25-22(14)17)10-20-23(29)27(24(30)33-20)13-21(28)26-16-6-7-18-19(11-16)32-9-8-31-18/h3-7,10-12,29H,2,8-9,13H2,1H3,(H,26,28). The summed E-state index contributed by atoms with van der Waals surface area (Å²) in [7, 11) is 0. The zero-order valence-corrected chi connectivity index (χ0v) is 18.6. The molecule has 0 aliphatic carbocycles. The van der Waals surface area contributed by atoms with Crippen LogP contribution in [0.1, 0.15) is 22.9 Å². The molecule has 0 bridgehead atoms. The van der Waals surface area contributed by atoms with E-state index >= 15 is 0 Å². The summed E-state index contributed by atoms with van der Waals surface area (Å²) in [6.07, 6.45) is 4.32. The highest BCUT2D eigenvalue weighted by atomic mass is 32.1. The Kier molecular flexibility index (Phi) is 5.47. The highest BCUT2D eigenvalue weighted by molar-refractivity contribution is 7.10. The number of ether oxygens (including phenoxy) is 2. The lowest BCUT2D eigenvalue weighted by Crippen LogP contribution is -2.24. The van der Waals surface area contributed by atoms with E-state index in [9.17, 15) is 14.7 Å². The molecule has 3 aromatic rings. The fourth-order valence-corrected chi connectivity index (χ4v) is 4.67. The SMILES string of the molecule is CCc1cccc2c1N=CC2=Cc1sc(=O)n(CC(=O)Nc2ccc3c(c2)OCCO3)c1O. The number of carbonyl (C=O) groups is 1. The van der Waals surface area contributed by atoms with E-state index in [1.54, 1.807) is 30.5 Å². The molecule has 0 fully saturated rings. The number of anilines is 1. The molecule has 1 aromatic heterocycles. The Bertz CT molecular complexity index is 1370. The number of hydrogen-bond acceptors (Lipinski definition) is 7. The number of carbonyl (C=O) groups excluding carboxylic acids is 1. The summed E-state index contributed by atoms with van der Waals surface area (Å²) >= 11 is 0.882. The third-order valence-corrected chi connectivity index (χ3v) is 6.37. The molecule has 0 spiro atoms. The van der Waals surface area contributed by atoms with E-state index in [0.717, 1.165) is 44.7 Å². The van der Waals surface area contributed by atoms with Crippen LogP contribution in [0.4, 0.5) is 11.4 Å². The third-order valence-electron chi connectivity index (χ3n) is 5.45. The van der Waals surface area contributed by atoms with Crippen molar-refractivity contribution in [2.75, 3.05) is 18.5 Å². The van der Waals surface area contributed by atoms with E-state index in [4.69, 9.17) is 9.47 Å². The summed E-state index contributed by atoms with van der Waals surface area (Å²) in [5.74, 6) is 0.477. The van der Waals surface area contributed by atoms with Gasteiger partial charge in [-0.1, -0.05) is 36.5 Å². The number of aromatic hydroxyl groups is 1. The number of thiazole rings is 1. The van der Waals surface area contributed by atoms with Gasteiger partial charge in [0.05, 0.1) is 10.6 Å². The van der Waals surface area contributed by atoms with Crippen LogP contribution in [-0.2, 0) is 17.8 Å². The van der Waals surface area contributed by atoms with E-state index in [-0.39, 0.29) is 12.4 Å². The Morgan fingerprint density at radius 3 is 2.88 bits per heavy atom. The number of fused-ring (bicyclic) bond motifs is 2. The van der Waals surface area contributed by atoms with E-state index < -0.39 is 10.8 Å². The van der Waals surface area contributed by atoms with Gasteiger partial charge in [-0.2, -0.15) is 0 Å². The Balaban J connectivity index is 1.35. The topological polar surface area (TPSA) is 102 Å². The van der Waals surface area contributed by atoms with Gasteiger partial charge in [0.15, 0.2) is 11.5 Å². The summed E-state index contributed by atoms with van der Waals surface area (Å²) in [6, 6.07) is 11.0. The molecule has 2 aliphatic rings. The van der Waals surface area contributed by atoms with Gasteiger partial charge >= 0.3 is 4.87 Å².